The van der Waals surface area contributed by atoms with E-state index in [0.717, 1.165) is 0 Å². The summed E-state index contributed by atoms with van der Waals surface area (Å²) in [5, 5.41) is 8.39. The molecule has 0 aliphatic heterocycles. The van der Waals surface area contributed by atoms with Gasteiger partial charge in [-0.3, -0.25) is 4.79 Å². The standard InChI is InChI=1S/C8H14N2OS/c1-7(3-5-9)10(2)8(11)4-6-12/h7,12H,3-4,6H2,1-2H3. The molecule has 68 valence electrons. The third kappa shape index (κ3) is 3.63. The molecule has 0 saturated carbocycles. The molecule has 0 aromatic heterocycles. The number of carbonyl (C=O) groups excluding carboxylic acids is 1. The summed E-state index contributed by atoms with van der Waals surface area (Å²) in [6.07, 6.45) is 0.824. The molecule has 0 fully saturated rings. The molecular formula is C8H14N2OS. The van der Waals surface area contributed by atoms with Gasteiger partial charge in [-0.25, -0.2) is 0 Å². The van der Waals surface area contributed by atoms with Crippen molar-refractivity contribution in [3.8, 4) is 6.07 Å². The molecule has 0 bridgehead atoms. The van der Waals surface area contributed by atoms with E-state index in [4.69, 9.17) is 5.26 Å². The minimum Gasteiger partial charge on any atom is -0.342 e. The van der Waals surface area contributed by atoms with Crippen LogP contribution in [0.25, 0.3) is 0 Å². The third-order valence-corrected chi connectivity index (χ3v) is 1.99. The number of hydrogen-bond donors (Lipinski definition) is 1. The predicted molar refractivity (Wildman–Crippen MR) is 50.9 cm³/mol. The molecule has 0 radical (unpaired) electrons. The van der Waals surface area contributed by atoms with Crippen LogP contribution in [0, 0.1) is 11.3 Å². The summed E-state index contributed by atoms with van der Waals surface area (Å²) in [5.41, 5.74) is 0. The average molecular weight is 186 g/mol. The second kappa shape index (κ2) is 5.90. The number of carbonyl (C=O) groups is 1. The van der Waals surface area contributed by atoms with Crippen molar-refractivity contribution in [3.05, 3.63) is 0 Å². The minimum absolute atomic E-state index is 0.00221. The maximum atomic E-state index is 11.2. The van der Waals surface area contributed by atoms with Gasteiger partial charge in [0.2, 0.25) is 5.91 Å². The largest absolute Gasteiger partial charge is 0.342 e. The first kappa shape index (κ1) is 11.3. The van der Waals surface area contributed by atoms with Crippen molar-refractivity contribution in [1.29, 1.82) is 5.26 Å². The van der Waals surface area contributed by atoms with E-state index in [1.54, 1.807) is 11.9 Å². The van der Waals surface area contributed by atoms with Crippen molar-refractivity contribution in [1.82, 2.24) is 4.90 Å². The van der Waals surface area contributed by atoms with Crippen LogP contribution in [0.15, 0.2) is 0 Å². The highest BCUT2D eigenvalue weighted by Crippen LogP contribution is 2.02. The molecule has 0 heterocycles. The van der Waals surface area contributed by atoms with Gasteiger partial charge < -0.3 is 4.90 Å². The Bertz CT molecular complexity index is 188. The minimum atomic E-state index is 0.00221. The van der Waals surface area contributed by atoms with Gasteiger partial charge >= 0.3 is 0 Å². The van der Waals surface area contributed by atoms with Gasteiger partial charge in [-0.05, 0) is 12.7 Å². The fourth-order valence-corrected chi connectivity index (χ4v) is 0.978. The van der Waals surface area contributed by atoms with Crippen molar-refractivity contribution < 1.29 is 4.79 Å². The first-order valence-corrected chi connectivity index (χ1v) is 4.50. The molecule has 1 amide bonds. The lowest BCUT2D eigenvalue weighted by Gasteiger charge is -2.22. The molecule has 4 heteroatoms. The first-order valence-electron chi connectivity index (χ1n) is 3.87. The van der Waals surface area contributed by atoms with Crippen LogP contribution in [0.3, 0.4) is 0 Å². The lowest BCUT2D eigenvalue weighted by atomic mass is 10.2. The Morgan fingerprint density at radius 2 is 2.33 bits per heavy atom. The zero-order chi connectivity index (χ0) is 9.56. The highest BCUT2D eigenvalue weighted by molar-refractivity contribution is 7.80. The van der Waals surface area contributed by atoms with Crippen molar-refractivity contribution in [2.24, 2.45) is 0 Å². The van der Waals surface area contributed by atoms with Gasteiger partial charge in [-0.2, -0.15) is 17.9 Å². The SMILES string of the molecule is CC(CC#N)N(C)C(=O)CCS. The lowest BCUT2D eigenvalue weighted by Crippen LogP contribution is -2.34. The van der Waals surface area contributed by atoms with Crippen molar-refractivity contribution >= 4 is 18.5 Å². The van der Waals surface area contributed by atoms with Crippen LogP contribution in [-0.4, -0.2) is 29.6 Å². The van der Waals surface area contributed by atoms with E-state index in [0.29, 0.717) is 18.6 Å². The number of amides is 1. The van der Waals surface area contributed by atoms with E-state index < -0.39 is 0 Å². The Balaban J connectivity index is 3.92. The highest BCUT2D eigenvalue weighted by atomic mass is 32.1. The monoisotopic (exact) mass is 186 g/mol. The number of nitriles is 1. The maximum Gasteiger partial charge on any atom is 0.223 e. The summed E-state index contributed by atoms with van der Waals surface area (Å²) >= 11 is 3.96. The molecule has 0 N–H and O–H groups in total. The Morgan fingerprint density at radius 1 is 1.75 bits per heavy atom. The zero-order valence-corrected chi connectivity index (χ0v) is 8.34. The lowest BCUT2D eigenvalue weighted by molar-refractivity contribution is -0.131. The summed E-state index contributed by atoms with van der Waals surface area (Å²) in [6, 6.07) is 2.03. The molecule has 0 aromatic carbocycles. The van der Waals surface area contributed by atoms with Gasteiger partial charge in [0.25, 0.3) is 0 Å². The average Bonchev–Trinajstić information content (AvgIpc) is 2.04. The van der Waals surface area contributed by atoms with Crippen LogP contribution in [0.2, 0.25) is 0 Å². The summed E-state index contributed by atoms with van der Waals surface area (Å²) in [7, 11) is 1.72. The van der Waals surface area contributed by atoms with Crippen molar-refractivity contribution in [2.75, 3.05) is 12.8 Å². The van der Waals surface area contributed by atoms with Gasteiger partial charge in [0.15, 0.2) is 0 Å². The quantitative estimate of drug-likeness (QED) is 0.667. The third-order valence-electron chi connectivity index (χ3n) is 1.77. The van der Waals surface area contributed by atoms with Gasteiger partial charge in [0.05, 0.1) is 12.5 Å². The molecule has 12 heavy (non-hydrogen) atoms. The van der Waals surface area contributed by atoms with Crippen LogP contribution >= 0.6 is 12.6 Å². The molecule has 0 aromatic rings. The van der Waals surface area contributed by atoms with Gasteiger partial charge in [-0.1, -0.05) is 0 Å². The van der Waals surface area contributed by atoms with E-state index in [2.05, 4.69) is 12.6 Å². The van der Waals surface area contributed by atoms with Gasteiger partial charge in [0.1, 0.15) is 0 Å². The van der Waals surface area contributed by atoms with E-state index in [1.807, 2.05) is 13.0 Å². The Labute approximate surface area is 78.8 Å². The number of thiol groups is 1. The van der Waals surface area contributed by atoms with Crippen LogP contribution < -0.4 is 0 Å². The molecule has 0 aliphatic rings. The van der Waals surface area contributed by atoms with Crippen molar-refractivity contribution in [3.63, 3.8) is 0 Å². The summed E-state index contributed by atoms with van der Waals surface area (Å²) in [5.74, 6) is 0.607. The van der Waals surface area contributed by atoms with Crippen LogP contribution in [-0.2, 0) is 4.79 Å². The molecule has 1 atom stereocenters. The molecule has 0 rings (SSSR count). The summed E-state index contributed by atoms with van der Waals surface area (Å²) in [6.45, 7) is 1.86. The highest BCUT2D eigenvalue weighted by Gasteiger charge is 2.13. The molecule has 0 aliphatic carbocycles. The van der Waals surface area contributed by atoms with Gasteiger partial charge in [0, 0.05) is 19.5 Å². The molecule has 3 nitrogen and oxygen atoms in total. The van der Waals surface area contributed by atoms with Crippen LogP contribution in [0.1, 0.15) is 19.8 Å². The van der Waals surface area contributed by atoms with Crippen molar-refractivity contribution in [2.45, 2.75) is 25.8 Å². The zero-order valence-electron chi connectivity index (χ0n) is 7.45. The second-order valence-corrected chi connectivity index (χ2v) is 3.14. The van der Waals surface area contributed by atoms with Crippen LogP contribution in [0.4, 0.5) is 0 Å². The smallest absolute Gasteiger partial charge is 0.223 e. The summed E-state index contributed by atoms with van der Waals surface area (Å²) < 4.78 is 0. The molecule has 0 saturated heterocycles. The topological polar surface area (TPSA) is 44.1 Å². The van der Waals surface area contributed by atoms with E-state index in [-0.39, 0.29) is 11.9 Å². The second-order valence-electron chi connectivity index (χ2n) is 2.69. The molecular weight excluding hydrogens is 172 g/mol. The van der Waals surface area contributed by atoms with Crippen LogP contribution in [0.5, 0.6) is 0 Å². The fraction of sp³-hybridized carbons (Fsp3) is 0.750. The van der Waals surface area contributed by atoms with E-state index >= 15 is 0 Å². The normalized spacial score (nSPS) is 11.8. The molecule has 0 spiro atoms. The van der Waals surface area contributed by atoms with Gasteiger partial charge in [-0.15, -0.1) is 0 Å². The fourth-order valence-electron chi connectivity index (χ4n) is 0.787. The summed E-state index contributed by atoms with van der Waals surface area (Å²) in [4.78, 5) is 12.8. The first-order chi connectivity index (χ1) is 5.63. The number of hydrogen-bond acceptors (Lipinski definition) is 3. The van der Waals surface area contributed by atoms with E-state index in [9.17, 15) is 4.79 Å². The maximum absolute atomic E-state index is 11.2. The Kier molecular flexibility index (Phi) is 5.56. The Hall–Kier alpha value is -0.690. The molecule has 1 unspecified atom stereocenters. The van der Waals surface area contributed by atoms with E-state index in [1.165, 1.54) is 0 Å². The number of rotatable bonds is 4. The predicted octanol–water partition coefficient (Wildman–Crippen LogP) is 1.07. The Morgan fingerprint density at radius 3 is 2.75 bits per heavy atom. The number of nitrogens with zero attached hydrogens (tertiary/aromatic N) is 2.